The van der Waals surface area contributed by atoms with Gasteiger partial charge in [-0.25, -0.2) is 0 Å². The molecule has 0 amide bonds. The van der Waals surface area contributed by atoms with Crippen molar-refractivity contribution < 1.29 is 14.3 Å². The summed E-state index contributed by atoms with van der Waals surface area (Å²) in [6.45, 7) is 4.88. The van der Waals surface area contributed by atoms with Crippen molar-refractivity contribution in [3.8, 4) is 11.5 Å². The first-order chi connectivity index (χ1) is 17.7. The van der Waals surface area contributed by atoms with Gasteiger partial charge in [-0.15, -0.1) is 0 Å². The van der Waals surface area contributed by atoms with Gasteiger partial charge in [0, 0.05) is 0 Å². The second kappa shape index (κ2) is 19.8. The Labute approximate surface area is 221 Å². The lowest BCUT2D eigenvalue weighted by Gasteiger charge is -2.14. The van der Waals surface area contributed by atoms with E-state index in [1.54, 1.807) is 0 Å². The molecule has 2 aromatic rings. The topological polar surface area (TPSA) is 35.5 Å². The van der Waals surface area contributed by atoms with E-state index in [0.29, 0.717) is 12.4 Å². The van der Waals surface area contributed by atoms with Crippen molar-refractivity contribution in [2.45, 2.75) is 123 Å². The Kier molecular flexibility index (Phi) is 16.5. The lowest BCUT2D eigenvalue weighted by Crippen LogP contribution is -2.20. The van der Waals surface area contributed by atoms with Crippen molar-refractivity contribution in [2.24, 2.45) is 5.92 Å². The molecule has 0 bridgehead atoms. The normalized spacial score (nSPS) is 11.8. The third kappa shape index (κ3) is 13.7. The van der Waals surface area contributed by atoms with Crippen LogP contribution in [-0.2, 0) is 11.4 Å². The molecule has 0 aliphatic rings. The molecular weight excluding hydrogens is 444 g/mol. The second-order valence-electron chi connectivity index (χ2n) is 10.2. The van der Waals surface area contributed by atoms with Crippen LogP contribution in [0.25, 0.3) is 0 Å². The summed E-state index contributed by atoms with van der Waals surface area (Å²) in [5.74, 6) is 1.24. The molecule has 36 heavy (non-hydrogen) atoms. The Morgan fingerprint density at radius 3 is 1.67 bits per heavy atom. The third-order valence-electron chi connectivity index (χ3n) is 7.02. The van der Waals surface area contributed by atoms with E-state index in [9.17, 15) is 4.79 Å². The van der Waals surface area contributed by atoms with Crippen LogP contribution in [0.5, 0.6) is 11.5 Å². The predicted octanol–water partition coefficient (Wildman–Crippen LogP) is 10.1. The molecule has 0 aliphatic heterocycles. The second-order valence-corrected chi connectivity index (χ2v) is 10.2. The molecule has 0 fully saturated rings. The van der Waals surface area contributed by atoms with Crippen molar-refractivity contribution in [3.63, 3.8) is 0 Å². The zero-order chi connectivity index (χ0) is 25.7. The van der Waals surface area contributed by atoms with E-state index in [1.807, 2.05) is 54.6 Å². The van der Waals surface area contributed by atoms with Crippen molar-refractivity contribution in [1.29, 1.82) is 0 Å². The number of rotatable bonds is 21. The Hall–Kier alpha value is -2.29. The third-order valence-corrected chi connectivity index (χ3v) is 7.02. The molecule has 3 heteroatoms. The van der Waals surface area contributed by atoms with Crippen molar-refractivity contribution >= 4 is 5.97 Å². The van der Waals surface area contributed by atoms with Crippen LogP contribution < -0.4 is 9.47 Å². The van der Waals surface area contributed by atoms with E-state index in [-0.39, 0.29) is 11.9 Å². The van der Waals surface area contributed by atoms with Gasteiger partial charge in [-0.2, -0.15) is 0 Å². The minimum atomic E-state index is -0.106. The summed E-state index contributed by atoms with van der Waals surface area (Å²) in [4.78, 5) is 12.7. The van der Waals surface area contributed by atoms with Crippen LogP contribution in [0.2, 0.25) is 0 Å². The van der Waals surface area contributed by atoms with E-state index in [1.165, 1.54) is 83.5 Å². The van der Waals surface area contributed by atoms with Crippen LogP contribution in [0.3, 0.4) is 0 Å². The fraction of sp³-hybridized carbons (Fsp3) is 0.606. The molecule has 1 unspecified atom stereocenters. The number of carbonyl (C=O) groups is 1. The number of hydrogen-bond acceptors (Lipinski definition) is 3. The van der Waals surface area contributed by atoms with Crippen LogP contribution in [0, 0.1) is 5.92 Å². The van der Waals surface area contributed by atoms with E-state index in [0.717, 1.165) is 30.6 Å². The maximum atomic E-state index is 12.7. The molecule has 2 rings (SSSR count). The van der Waals surface area contributed by atoms with Gasteiger partial charge in [0.2, 0.25) is 0 Å². The summed E-state index contributed by atoms with van der Waals surface area (Å²) < 4.78 is 11.5. The highest BCUT2D eigenvalue weighted by atomic mass is 16.5. The molecule has 0 heterocycles. The molecule has 0 radical (unpaired) electrons. The molecule has 0 spiro atoms. The Morgan fingerprint density at radius 1 is 0.639 bits per heavy atom. The number of ether oxygens (including phenoxy) is 2. The first kappa shape index (κ1) is 29.9. The van der Waals surface area contributed by atoms with E-state index >= 15 is 0 Å². The summed E-state index contributed by atoms with van der Waals surface area (Å²) in [6, 6.07) is 17.4. The number of carbonyl (C=O) groups excluding carboxylic acids is 1. The predicted molar refractivity (Wildman–Crippen MR) is 152 cm³/mol. The van der Waals surface area contributed by atoms with E-state index in [4.69, 9.17) is 9.47 Å². The van der Waals surface area contributed by atoms with Crippen LogP contribution in [0.15, 0.2) is 54.6 Å². The van der Waals surface area contributed by atoms with Gasteiger partial charge in [0.1, 0.15) is 18.1 Å². The molecule has 200 valence electrons. The average Bonchev–Trinajstić information content (AvgIpc) is 2.91. The lowest BCUT2D eigenvalue weighted by atomic mass is 9.97. The number of hydrogen-bond donors (Lipinski definition) is 0. The minimum absolute atomic E-state index is 0.0173. The van der Waals surface area contributed by atoms with Gasteiger partial charge in [0.25, 0.3) is 0 Å². The van der Waals surface area contributed by atoms with Crippen LogP contribution in [0.1, 0.15) is 122 Å². The zero-order valence-electron chi connectivity index (χ0n) is 23.0. The van der Waals surface area contributed by atoms with Crippen molar-refractivity contribution in [2.75, 3.05) is 0 Å². The molecule has 0 N–H and O–H groups in total. The monoisotopic (exact) mass is 494 g/mol. The lowest BCUT2D eigenvalue weighted by molar-refractivity contribution is -0.139. The van der Waals surface area contributed by atoms with Gasteiger partial charge < -0.3 is 9.47 Å². The quantitative estimate of drug-likeness (QED) is 0.0983. The van der Waals surface area contributed by atoms with Crippen LogP contribution in [0.4, 0.5) is 0 Å². The minimum Gasteiger partial charge on any atom is -0.489 e. The highest BCUT2D eigenvalue weighted by Crippen LogP contribution is 2.22. The first-order valence-corrected chi connectivity index (χ1v) is 14.7. The first-order valence-electron chi connectivity index (χ1n) is 14.7. The van der Waals surface area contributed by atoms with Gasteiger partial charge >= 0.3 is 5.97 Å². The maximum Gasteiger partial charge on any atom is 0.314 e. The molecule has 0 aromatic heterocycles. The summed E-state index contributed by atoms with van der Waals surface area (Å²) in [5.41, 5.74) is 1.13. The Balaban J connectivity index is 1.51. The fourth-order valence-electron chi connectivity index (χ4n) is 4.62. The molecule has 0 saturated heterocycles. The van der Waals surface area contributed by atoms with Gasteiger partial charge in [0.15, 0.2) is 0 Å². The summed E-state index contributed by atoms with van der Waals surface area (Å²) in [5, 5.41) is 0. The molecular formula is C33H50O3. The van der Waals surface area contributed by atoms with Crippen molar-refractivity contribution in [1.82, 2.24) is 0 Å². The van der Waals surface area contributed by atoms with Crippen LogP contribution in [-0.4, -0.2) is 5.97 Å². The number of esters is 1. The average molecular weight is 495 g/mol. The SMILES string of the molecule is CCCCCCCCCCCCCCCCC(CC)C(=O)Oc1ccc(OCc2ccccc2)cc1. The van der Waals surface area contributed by atoms with Gasteiger partial charge in [0.05, 0.1) is 5.92 Å². The molecule has 3 nitrogen and oxygen atoms in total. The van der Waals surface area contributed by atoms with Gasteiger partial charge in [-0.1, -0.05) is 134 Å². The van der Waals surface area contributed by atoms with E-state index < -0.39 is 0 Å². The van der Waals surface area contributed by atoms with Crippen molar-refractivity contribution in [3.05, 3.63) is 60.2 Å². The standard InChI is InChI=1S/C33H50O3/c1-3-5-6-7-8-9-10-11-12-13-14-15-16-20-23-30(4-2)33(34)36-32-26-24-31(25-27-32)35-28-29-21-18-17-19-22-29/h17-19,21-22,24-27,30H,3-16,20,23,28H2,1-2H3. The van der Waals surface area contributed by atoms with Gasteiger partial charge in [-0.3, -0.25) is 4.79 Å². The highest BCUT2D eigenvalue weighted by Gasteiger charge is 2.18. The number of unbranched alkanes of at least 4 members (excludes halogenated alkanes) is 13. The van der Waals surface area contributed by atoms with E-state index in [2.05, 4.69) is 13.8 Å². The zero-order valence-corrected chi connectivity index (χ0v) is 23.0. The number of benzene rings is 2. The summed E-state index contributed by atoms with van der Waals surface area (Å²) in [6.07, 6.45) is 20.7. The Morgan fingerprint density at radius 2 is 1.14 bits per heavy atom. The van der Waals surface area contributed by atoms with Gasteiger partial charge in [-0.05, 0) is 42.7 Å². The molecule has 1 atom stereocenters. The largest absolute Gasteiger partial charge is 0.489 e. The van der Waals surface area contributed by atoms with Crippen LogP contribution >= 0.6 is 0 Å². The fourth-order valence-corrected chi connectivity index (χ4v) is 4.62. The Bertz CT molecular complexity index is 784. The maximum absolute atomic E-state index is 12.7. The molecule has 2 aromatic carbocycles. The smallest absolute Gasteiger partial charge is 0.314 e. The molecule has 0 aliphatic carbocycles. The summed E-state index contributed by atoms with van der Waals surface area (Å²) >= 11 is 0. The summed E-state index contributed by atoms with van der Waals surface area (Å²) in [7, 11) is 0. The highest BCUT2D eigenvalue weighted by molar-refractivity contribution is 5.75. The molecule has 0 saturated carbocycles.